The number of hydrogen-bond acceptors (Lipinski definition) is 4. The summed E-state index contributed by atoms with van der Waals surface area (Å²) >= 11 is 3.31. The number of aryl methyl sites for hydroxylation is 1. The number of anilines is 1. The summed E-state index contributed by atoms with van der Waals surface area (Å²) in [6.07, 6.45) is 0. The van der Waals surface area contributed by atoms with E-state index in [9.17, 15) is 13.2 Å². The van der Waals surface area contributed by atoms with Crippen LogP contribution in [0.4, 0.5) is 5.69 Å². The molecule has 0 unspecified atom stereocenters. The summed E-state index contributed by atoms with van der Waals surface area (Å²) in [6, 6.07) is 11.5. The number of carbonyl (C=O) groups is 1. The Hall–Kier alpha value is -2.06. The minimum atomic E-state index is -3.94. The number of likely N-dealkylation sites (N-methyl/N-ethyl adjacent to an activating group) is 1. The first-order chi connectivity index (χ1) is 12.2. The van der Waals surface area contributed by atoms with E-state index >= 15 is 0 Å². The van der Waals surface area contributed by atoms with Gasteiger partial charge < -0.3 is 9.64 Å². The number of halogens is 1. The van der Waals surface area contributed by atoms with Gasteiger partial charge in [0, 0.05) is 14.1 Å². The molecular formula is C18H21BrN2O4S. The van der Waals surface area contributed by atoms with Crippen molar-refractivity contribution < 1.29 is 17.9 Å². The summed E-state index contributed by atoms with van der Waals surface area (Å²) in [5.41, 5.74) is 1.43. The fraction of sp³-hybridized carbons (Fsp3) is 0.278. The number of ether oxygens (including phenoxy) is 1. The predicted molar refractivity (Wildman–Crippen MR) is 105 cm³/mol. The molecule has 1 amide bonds. The van der Waals surface area contributed by atoms with E-state index in [-0.39, 0.29) is 17.3 Å². The van der Waals surface area contributed by atoms with Crippen LogP contribution in [-0.2, 0) is 14.8 Å². The molecule has 0 fully saturated rings. The maximum absolute atomic E-state index is 13.2. The third-order valence-electron chi connectivity index (χ3n) is 3.81. The quantitative estimate of drug-likeness (QED) is 0.691. The molecule has 0 aromatic heterocycles. The van der Waals surface area contributed by atoms with E-state index in [0.29, 0.717) is 15.9 Å². The molecular weight excluding hydrogens is 420 g/mol. The number of carbonyl (C=O) groups excluding carboxylic acids is 1. The molecule has 0 saturated carbocycles. The molecule has 2 aromatic carbocycles. The predicted octanol–water partition coefficient (Wildman–Crippen LogP) is 3.05. The minimum absolute atomic E-state index is 0.0670. The smallest absolute Gasteiger partial charge is 0.264 e. The van der Waals surface area contributed by atoms with Crippen molar-refractivity contribution in [2.75, 3.05) is 32.1 Å². The first-order valence-corrected chi connectivity index (χ1v) is 10.0. The van der Waals surface area contributed by atoms with Gasteiger partial charge in [-0.15, -0.1) is 0 Å². The normalized spacial score (nSPS) is 11.1. The Balaban J connectivity index is 2.53. The van der Waals surface area contributed by atoms with Crippen LogP contribution in [0.2, 0.25) is 0 Å². The number of benzene rings is 2. The van der Waals surface area contributed by atoms with Gasteiger partial charge in [-0.25, -0.2) is 8.42 Å². The standard InChI is InChI=1S/C18H21BrN2O4S/c1-13-5-7-14(8-6-13)21(12-18(22)20(2)3)26(23,24)15-9-10-17(25-4)16(19)11-15/h5-11H,12H2,1-4H3. The van der Waals surface area contributed by atoms with Crippen LogP contribution in [0.25, 0.3) is 0 Å². The fourth-order valence-electron chi connectivity index (χ4n) is 2.23. The number of amides is 1. The van der Waals surface area contributed by atoms with Crippen LogP contribution in [0.15, 0.2) is 51.8 Å². The largest absolute Gasteiger partial charge is 0.496 e. The van der Waals surface area contributed by atoms with Crippen LogP contribution in [-0.4, -0.2) is 47.0 Å². The second kappa shape index (κ2) is 8.09. The van der Waals surface area contributed by atoms with Crippen LogP contribution >= 0.6 is 15.9 Å². The van der Waals surface area contributed by atoms with Gasteiger partial charge in [-0.1, -0.05) is 17.7 Å². The highest BCUT2D eigenvalue weighted by Crippen LogP contribution is 2.30. The summed E-state index contributed by atoms with van der Waals surface area (Å²) in [5.74, 6) is 0.205. The first-order valence-electron chi connectivity index (χ1n) is 7.80. The lowest BCUT2D eigenvalue weighted by atomic mass is 10.2. The highest BCUT2D eigenvalue weighted by Gasteiger charge is 2.28. The Bertz CT molecular complexity index is 896. The molecule has 140 valence electrons. The summed E-state index contributed by atoms with van der Waals surface area (Å²) < 4.78 is 33.2. The summed E-state index contributed by atoms with van der Waals surface area (Å²) in [5, 5.41) is 0. The van der Waals surface area contributed by atoms with E-state index in [1.807, 2.05) is 19.1 Å². The third kappa shape index (κ3) is 4.37. The molecule has 0 atom stereocenters. The van der Waals surface area contributed by atoms with Crippen molar-refractivity contribution in [2.45, 2.75) is 11.8 Å². The van der Waals surface area contributed by atoms with Crippen LogP contribution in [0, 0.1) is 6.92 Å². The Morgan fingerprint density at radius 1 is 1.12 bits per heavy atom. The lowest BCUT2D eigenvalue weighted by Gasteiger charge is -2.25. The average Bonchev–Trinajstić information content (AvgIpc) is 2.60. The molecule has 2 aromatic rings. The topological polar surface area (TPSA) is 66.9 Å². The molecule has 0 aliphatic carbocycles. The molecule has 0 bridgehead atoms. The number of nitrogens with zero attached hydrogens (tertiary/aromatic N) is 2. The summed E-state index contributed by atoms with van der Waals surface area (Å²) in [7, 11) is 0.739. The van der Waals surface area contributed by atoms with Crippen molar-refractivity contribution in [1.82, 2.24) is 4.90 Å². The van der Waals surface area contributed by atoms with E-state index < -0.39 is 10.0 Å². The molecule has 0 spiro atoms. The third-order valence-corrected chi connectivity index (χ3v) is 6.20. The van der Waals surface area contributed by atoms with Gasteiger partial charge in [-0.05, 0) is 53.2 Å². The molecule has 26 heavy (non-hydrogen) atoms. The van der Waals surface area contributed by atoms with Crippen molar-refractivity contribution in [3.63, 3.8) is 0 Å². The van der Waals surface area contributed by atoms with Gasteiger partial charge in [0.2, 0.25) is 5.91 Å². The average molecular weight is 441 g/mol. The molecule has 0 N–H and O–H groups in total. The van der Waals surface area contributed by atoms with E-state index in [0.717, 1.165) is 9.87 Å². The lowest BCUT2D eigenvalue weighted by molar-refractivity contribution is -0.127. The van der Waals surface area contributed by atoms with Crippen LogP contribution in [0.5, 0.6) is 5.75 Å². The molecule has 0 aliphatic rings. The van der Waals surface area contributed by atoms with Crippen molar-refractivity contribution in [3.05, 3.63) is 52.5 Å². The van der Waals surface area contributed by atoms with Gasteiger partial charge in [0.15, 0.2) is 0 Å². The van der Waals surface area contributed by atoms with E-state index in [1.54, 1.807) is 32.3 Å². The second-order valence-electron chi connectivity index (χ2n) is 5.93. The monoisotopic (exact) mass is 440 g/mol. The number of hydrogen-bond donors (Lipinski definition) is 0. The number of rotatable bonds is 6. The zero-order chi connectivity index (χ0) is 19.5. The van der Waals surface area contributed by atoms with E-state index in [4.69, 9.17) is 4.74 Å². The Morgan fingerprint density at radius 3 is 2.23 bits per heavy atom. The first kappa shape index (κ1) is 20.3. The zero-order valence-corrected chi connectivity index (χ0v) is 17.5. The van der Waals surface area contributed by atoms with Crippen molar-refractivity contribution in [1.29, 1.82) is 0 Å². The Morgan fingerprint density at radius 2 is 1.73 bits per heavy atom. The maximum atomic E-state index is 13.2. The van der Waals surface area contributed by atoms with Crippen molar-refractivity contribution >= 4 is 37.5 Å². The molecule has 0 saturated heterocycles. The van der Waals surface area contributed by atoms with E-state index in [1.165, 1.54) is 24.1 Å². The van der Waals surface area contributed by atoms with Gasteiger partial charge >= 0.3 is 0 Å². The van der Waals surface area contributed by atoms with Gasteiger partial charge in [-0.3, -0.25) is 9.10 Å². The van der Waals surface area contributed by atoms with Gasteiger partial charge in [0.05, 0.1) is 22.2 Å². The molecule has 0 heterocycles. The Labute approximate surface area is 162 Å². The molecule has 6 nitrogen and oxygen atoms in total. The Kier molecular flexibility index (Phi) is 6.30. The highest BCUT2D eigenvalue weighted by atomic mass is 79.9. The van der Waals surface area contributed by atoms with Crippen molar-refractivity contribution in [2.24, 2.45) is 0 Å². The summed E-state index contributed by atoms with van der Waals surface area (Å²) in [6.45, 7) is 1.62. The molecule has 0 radical (unpaired) electrons. The van der Waals surface area contributed by atoms with Gasteiger partial charge in [0.25, 0.3) is 10.0 Å². The highest BCUT2D eigenvalue weighted by molar-refractivity contribution is 9.10. The fourth-order valence-corrected chi connectivity index (χ4v) is 4.36. The van der Waals surface area contributed by atoms with Gasteiger partial charge in [0.1, 0.15) is 12.3 Å². The SMILES string of the molecule is COc1ccc(S(=O)(=O)N(CC(=O)N(C)C)c2ccc(C)cc2)cc1Br. The van der Waals surface area contributed by atoms with E-state index in [2.05, 4.69) is 15.9 Å². The van der Waals surface area contributed by atoms with Crippen LogP contribution < -0.4 is 9.04 Å². The molecule has 0 aliphatic heterocycles. The summed E-state index contributed by atoms with van der Waals surface area (Å²) in [4.78, 5) is 13.7. The second-order valence-corrected chi connectivity index (χ2v) is 8.65. The lowest BCUT2D eigenvalue weighted by Crippen LogP contribution is -2.40. The van der Waals surface area contributed by atoms with Crippen LogP contribution in [0.3, 0.4) is 0 Å². The minimum Gasteiger partial charge on any atom is -0.496 e. The van der Waals surface area contributed by atoms with Crippen molar-refractivity contribution in [3.8, 4) is 5.75 Å². The maximum Gasteiger partial charge on any atom is 0.264 e. The molecule has 8 heteroatoms. The number of methoxy groups -OCH3 is 1. The number of sulfonamides is 1. The van der Waals surface area contributed by atoms with Gasteiger partial charge in [-0.2, -0.15) is 0 Å². The van der Waals surface area contributed by atoms with Crippen LogP contribution in [0.1, 0.15) is 5.56 Å². The zero-order valence-electron chi connectivity index (χ0n) is 15.1. The molecule has 2 rings (SSSR count).